The van der Waals surface area contributed by atoms with Crippen molar-refractivity contribution in [2.24, 2.45) is 0 Å². The SMILES string of the molecule is CC(=S)NCC1(C)CN(c2csc3ncccc23)C(=O)O1. The van der Waals surface area contributed by atoms with E-state index < -0.39 is 5.60 Å². The number of aromatic nitrogens is 1. The molecule has 3 heterocycles. The molecular formula is C14H15N3O2S2. The molecule has 1 fully saturated rings. The van der Waals surface area contributed by atoms with Crippen LogP contribution in [-0.2, 0) is 4.74 Å². The molecule has 1 aliphatic heterocycles. The maximum absolute atomic E-state index is 12.2. The zero-order valence-electron chi connectivity index (χ0n) is 11.8. The molecule has 110 valence electrons. The minimum Gasteiger partial charge on any atom is -0.439 e. The van der Waals surface area contributed by atoms with Crippen LogP contribution in [-0.4, -0.2) is 34.8 Å². The maximum atomic E-state index is 12.2. The molecule has 7 heteroatoms. The van der Waals surface area contributed by atoms with Gasteiger partial charge in [-0.05, 0) is 26.0 Å². The third-order valence-corrected chi connectivity index (χ3v) is 4.41. The first-order chi connectivity index (χ1) is 9.98. The molecular weight excluding hydrogens is 306 g/mol. The normalized spacial score (nSPS) is 21.6. The van der Waals surface area contributed by atoms with Crippen molar-refractivity contribution in [3.63, 3.8) is 0 Å². The van der Waals surface area contributed by atoms with E-state index in [9.17, 15) is 4.79 Å². The number of thiophene rings is 1. The second-order valence-corrected chi connectivity index (χ2v) is 6.76. The molecule has 2 aromatic rings. The average molecular weight is 321 g/mol. The molecule has 0 aliphatic carbocycles. The van der Waals surface area contributed by atoms with Gasteiger partial charge in [0, 0.05) is 17.0 Å². The second kappa shape index (κ2) is 5.23. The average Bonchev–Trinajstić information content (AvgIpc) is 2.98. The van der Waals surface area contributed by atoms with E-state index in [-0.39, 0.29) is 6.09 Å². The topological polar surface area (TPSA) is 54.5 Å². The minimum absolute atomic E-state index is 0.329. The minimum atomic E-state index is -0.590. The number of carbonyl (C=O) groups excluding carboxylic acids is 1. The van der Waals surface area contributed by atoms with Crippen molar-refractivity contribution in [3.05, 3.63) is 23.7 Å². The summed E-state index contributed by atoms with van der Waals surface area (Å²) in [5.74, 6) is 0. The molecule has 2 aromatic heterocycles. The molecule has 3 rings (SSSR count). The van der Waals surface area contributed by atoms with Gasteiger partial charge < -0.3 is 10.1 Å². The van der Waals surface area contributed by atoms with Crippen molar-refractivity contribution >= 4 is 50.5 Å². The van der Waals surface area contributed by atoms with Crippen LogP contribution >= 0.6 is 23.6 Å². The van der Waals surface area contributed by atoms with Crippen LogP contribution in [0.3, 0.4) is 0 Å². The van der Waals surface area contributed by atoms with Gasteiger partial charge in [0.2, 0.25) is 0 Å². The first-order valence-electron chi connectivity index (χ1n) is 6.56. The number of carbonyl (C=O) groups is 1. The molecule has 1 aliphatic rings. The third kappa shape index (κ3) is 2.71. The molecule has 0 aromatic carbocycles. The van der Waals surface area contributed by atoms with Crippen LogP contribution in [0.25, 0.3) is 10.2 Å². The number of anilines is 1. The van der Waals surface area contributed by atoms with Crippen molar-refractivity contribution in [1.82, 2.24) is 10.3 Å². The Balaban J connectivity index is 1.86. The number of rotatable bonds is 3. The quantitative estimate of drug-likeness (QED) is 0.881. The van der Waals surface area contributed by atoms with E-state index in [1.54, 1.807) is 11.1 Å². The molecule has 5 nitrogen and oxygen atoms in total. The summed E-state index contributed by atoms with van der Waals surface area (Å²) in [5, 5.41) is 5.99. The molecule has 1 saturated heterocycles. The number of fused-ring (bicyclic) bond motifs is 1. The number of cyclic esters (lactones) is 1. The number of thiocarbonyl (C=S) groups is 1. The molecule has 0 spiro atoms. The Kier molecular flexibility index (Phi) is 3.54. The Morgan fingerprint density at radius 3 is 3.24 bits per heavy atom. The van der Waals surface area contributed by atoms with E-state index in [0.29, 0.717) is 18.1 Å². The van der Waals surface area contributed by atoms with Gasteiger partial charge in [-0.2, -0.15) is 0 Å². The van der Waals surface area contributed by atoms with Gasteiger partial charge in [0.25, 0.3) is 0 Å². The number of hydrogen-bond donors (Lipinski definition) is 1. The predicted molar refractivity (Wildman–Crippen MR) is 88.1 cm³/mol. The number of hydrogen-bond acceptors (Lipinski definition) is 5. The van der Waals surface area contributed by atoms with Crippen LogP contribution in [0.4, 0.5) is 10.5 Å². The molecule has 0 bridgehead atoms. The second-order valence-electron chi connectivity index (χ2n) is 5.29. The van der Waals surface area contributed by atoms with E-state index in [4.69, 9.17) is 17.0 Å². The van der Waals surface area contributed by atoms with Crippen LogP contribution in [0, 0.1) is 0 Å². The molecule has 1 unspecified atom stereocenters. The lowest BCUT2D eigenvalue weighted by Crippen LogP contribution is -2.42. The van der Waals surface area contributed by atoms with Gasteiger partial charge in [-0.15, -0.1) is 11.3 Å². The van der Waals surface area contributed by atoms with Crippen LogP contribution < -0.4 is 10.2 Å². The van der Waals surface area contributed by atoms with Gasteiger partial charge >= 0.3 is 6.09 Å². The molecule has 1 N–H and O–H groups in total. The van der Waals surface area contributed by atoms with Gasteiger partial charge in [-0.3, -0.25) is 4.90 Å². The Morgan fingerprint density at radius 1 is 1.67 bits per heavy atom. The van der Waals surface area contributed by atoms with Gasteiger partial charge in [0.15, 0.2) is 0 Å². The number of nitrogens with zero attached hydrogens (tertiary/aromatic N) is 2. The highest BCUT2D eigenvalue weighted by atomic mass is 32.1. The smallest absolute Gasteiger partial charge is 0.415 e. The predicted octanol–water partition coefficient (Wildman–Crippen LogP) is 2.95. The van der Waals surface area contributed by atoms with Crippen molar-refractivity contribution in [1.29, 1.82) is 0 Å². The highest BCUT2D eigenvalue weighted by Gasteiger charge is 2.42. The fourth-order valence-corrected chi connectivity index (χ4v) is 3.32. The van der Waals surface area contributed by atoms with Crippen molar-refractivity contribution in [3.8, 4) is 0 Å². The van der Waals surface area contributed by atoms with E-state index >= 15 is 0 Å². The van der Waals surface area contributed by atoms with Gasteiger partial charge in [-0.25, -0.2) is 9.78 Å². The molecule has 0 radical (unpaired) electrons. The molecule has 1 amide bonds. The summed E-state index contributed by atoms with van der Waals surface area (Å²) in [6.45, 7) is 4.71. The first-order valence-corrected chi connectivity index (χ1v) is 7.84. The third-order valence-electron chi connectivity index (χ3n) is 3.38. The molecule has 0 saturated carbocycles. The summed E-state index contributed by atoms with van der Waals surface area (Å²) in [5.41, 5.74) is 0.268. The Labute approximate surface area is 131 Å². The summed E-state index contributed by atoms with van der Waals surface area (Å²) in [6.07, 6.45) is 1.42. The highest BCUT2D eigenvalue weighted by Crippen LogP contribution is 2.35. The summed E-state index contributed by atoms with van der Waals surface area (Å²) < 4.78 is 5.53. The Hall–Kier alpha value is -1.73. The fraction of sp³-hybridized carbons (Fsp3) is 0.357. The number of amides is 1. The lowest BCUT2D eigenvalue weighted by atomic mass is 10.1. The van der Waals surface area contributed by atoms with Crippen LogP contribution in [0.1, 0.15) is 13.8 Å². The van der Waals surface area contributed by atoms with Crippen molar-refractivity contribution < 1.29 is 9.53 Å². The Morgan fingerprint density at radius 2 is 2.48 bits per heavy atom. The number of pyridine rings is 1. The monoisotopic (exact) mass is 321 g/mol. The van der Waals surface area contributed by atoms with E-state index in [2.05, 4.69) is 10.3 Å². The standard InChI is InChI=1S/C14H15N3O2S2/c1-9(20)16-7-14(2)8-17(13(18)19-14)11-6-21-12-10(11)4-3-5-15-12/h3-6H,7-8H2,1-2H3,(H,16,20). The van der Waals surface area contributed by atoms with E-state index in [0.717, 1.165) is 15.9 Å². The zero-order valence-corrected chi connectivity index (χ0v) is 13.4. The summed E-state index contributed by atoms with van der Waals surface area (Å²) in [6, 6.07) is 3.84. The van der Waals surface area contributed by atoms with Crippen LogP contribution in [0.5, 0.6) is 0 Å². The molecule has 21 heavy (non-hydrogen) atoms. The molecule has 1 atom stereocenters. The van der Waals surface area contributed by atoms with Gasteiger partial charge in [-0.1, -0.05) is 12.2 Å². The lowest BCUT2D eigenvalue weighted by molar-refractivity contribution is 0.0755. The van der Waals surface area contributed by atoms with Crippen LogP contribution in [0.2, 0.25) is 0 Å². The number of ether oxygens (including phenoxy) is 1. The van der Waals surface area contributed by atoms with Gasteiger partial charge in [0.1, 0.15) is 10.4 Å². The Bertz CT molecular complexity index is 715. The summed E-state index contributed by atoms with van der Waals surface area (Å²) in [4.78, 5) is 19.8. The van der Waals surface area contributed by atoms with Gasteiger partial charge in [0.05, 0.1) is 23.8 Å². The van der Waals surface area contributed by atoms with Crippen LogP contribution in [0.15, 0.2) is 23.7 Å². The highest BCUT2D eigenvalue weighted by molar-refractivity contribution is 7.80. The lowest BCUT2D eigenvalue weighted by Gasteiger charge is -2.22. The van der Waals surface area contributed by atoms with E-state index in [1.165, 1.54) is 11.3 Å². The summed E-state index contributed by atoms with van der Waals surface area (Å²) in [7, 11) is 0. The summed E-state index contributed by atoms with van der Waals surface area (Å²) >= 11 is 6.53. The van der Waals surface area contributed by atoms with E-state index in [1.807, 2.05) is 31.4 Å². The van der Waals surface area contributed by atoms with Crippen molar-refractivity contribution in [2.45, 2.75) is 19.4 Å². The maximum Gasteiger partial charge on any atom is 0.415 e. The van der Waals surface area contributed by atoms with Crippen molar-refractivity contribution in [2.75, 3.05) is 18.0 Å². The number of nitrogens with one attached hydrogen (secondary N) is 1. The fourth-order valence-electron chi connectivity index (χ4n) is 2.35. The largest absolute Gasteiger partial charge is 0.439 e. The first kappa shape index (κ1) is 14.2. The zero-order chi connectivity index (χ0) is 15.0.